The highest BCUT2D eigenvalue weighted by Gasteiger charge is 2.36. The van der Waals surface area contributed by atoms with Crippen molar-refractivity contribution in [1.82, 2.24) is 9.47 Å². The molecule has 5 rings (SSSR count). The molecule has 0 aliphatic carbocycles. The number of hydrogen-bond donors (Lipinski definition) is 0. The van der Waals surface area contributed by atoms with Gasteiger partial charge in [-0.2, -0.15) is 0 Å². The lowest BCUT2D eigenvalue weighted by Crippen LogP contribution is -2.43. The zero-order valence-corrected chi connectivity index (χ0v) is 26.1. The van der Waals surface area contributed by atoms with Gasteiger partial charge in [0.25, 0.3) is 11.5 Å². The average molecular weight is 627 g/mol. The maximum absolute atomic E-state index is 14.1. The number of methoxy groups -OCH3 is 2. The number of aromatic nitrogens is 1. The number of fused-ring (bicyclic) bond motifs is 1. The van der Waals surface area contributed by atoms with Crippen molar-refractivity contribution in [2.45, 2.75) is 26.8 Å². The molecule has 11 heteroatoms. The van der Waals surface area contributed by atoms with Crippen LogP contribution in [0.15, 0.2) is 74.0 Å². The molecule has 0 saturated heterocycles. The van der Waals surface area contributed by atoms with Gasteiger partial charge in [-0.3, -0.25) is 14.2 Å². The lowest BCUT2D eigenvalue weighted by molar-refractivity contribution is -0.127. The van der Waals surface area contributed by atoms with Crippen LogP contribution in [-0.2, 0) is 4.79 Å². The summed E-state index contributed by atoms with van der Waals surface area (Å²) in [6.45, 7) is 6.66. The normalized spacial score (nSPS) is 14.9. The fourth-order valence-electron chi connectivity index (χ4n) is 4.99. The number of likely N-dealkylation sites (N-methyl/N-ethyl adjacent to an activating group) is 1. The smallest absolute Gasteiger partial charge is 0.271 e. The van der Waals surface area contributed by atoms with Crippen LogP contribution >= 0.6 is 34.5 Å². The van der Waals surface area contributed by atoms with E-state index < -0.39 is 6.04 Å². The summed E-state index contributed by atoms with van der Waals surface area (Å²) in [5.41, 5.74) is 2.01. The average Bonchev–Trinajstić information content (AvgIpc) is 3.58. The SMILES string of the molecule is CCN(CC)C(=O)C1=C(C)N=c2s/c(=C/c3ccc(-c4ccc(Cl)c(Cl)c4)o3)c(=O)n2[C@@H]1c1cc(OC)ccc1OC. The molecule has 1 aliphatic heterocycles. The summed E-state index contributed by atoms with van der Waals surface area (Å²) in [6.07, 6.45) is 1.68. The number of furan rings is 1. The number of carbonyl (C=O) groups excluding carboxylic acids is 1. The van der Waals surface area contributed by atoms with E-state index in [1.807, 2.05) is 19.9 Å². The summed E-state index contributed by atoms with van der Waals surface area (Å²) in [6, 6.07) is 13.4. The lowest BCUT2D eigenvalue weighted by Gasteiger charge is -2.30. The minimum absolute atomic E-state index is 0.192. The fourth-order valence-corrected chi connectivity index (χ4v) is 6.31. The highest BCUT2D eigenvalue weighted by Crippen LogP contribution is 2.38. The summed E-state index contributed by atoms with van der Waals surface area (Å²) < 4.78 is 19.2. The lowest BCUT2D eigenvalue weighted by atomic mass is 9.93. The third kappa shape index (κ3) is 5.40. The van der Waals surface area contributed by atoms with Crippen molar-refractivity contribution in [1.29, 1.82) is 0 Å². The van der Waals surface area contributed by atoms with Gasteiger partial charge in [0.05, 0.1) is 40.1 Å². The summed E-state index contributed by atoms with van der Waals surface area (Å²) >= 11 is 13.5. The highest BCUT2D eigenvalue weighted by atomic mass is 35.5. The van der Waals surface area contributed by atoms with Gasteiger partial charge in [-0.15, -0.1) is 0 Å². The number of rotatable bonds is 8. The summed E-state index contributed by atoms with van der Waals surface area (Å²) in [7, 11) is 3.12. The third-order valence-corrected chi connectivity index (χ3v) is 8.86. The molecule has 1 aliphatic rings. The van der Waals surface area contributed by atoms with Crippen LogP contribution in [0.2, 0.25) is 10.0 Å². The van der Waals surface area contributed by atoms with Gasteiger partial charge in [0.15, 0.2) is 4.80 Å². The zero-order valence-electron chi connectivity index (χ0n) is 23.7. The molecule has 3 heterocycles. The molecule has 1 atom stereocenters. The van der Waals surface area contributed by atoms with Gasteiger partial charge in [0.1, 0.15) is 29.1 Å². The molecule has 0 N–H and O–H groups in total. The number of benzene rings is 2. The van der Waals surface area contributed by atoms with Gasteiger partial charge < -0.3 is 18.8 Å². The Morgan fingerprint density at radius 3 is 2.50 bits per heavy atom. The first-order valence-electron chi connectivity index (χ1n) is 13.3. The number of ether oxygens (including phenoxy) is 2. The molecule has 0 spiro atoms. The first kappa shape index (κ1) is 29.7. The van der Waals surface area contributed by atoms with Gasteiger partial charge in [-0.25, -0.2) is 4.99 Å². The van der Waals surface area contributed by atoms with Gasteiger partial charge >= 0.3 is 0 Å². The Kier molecular flexibility index (Phi) is 8.63. The Hall–Kier alpha value is -3.79. The third-order valence-electron chi connectivity index (χ3n) is 7.14. The standard InChI is InChI=1S/C31H29Cl2N3O5S/c1-6-35(7-2)30(38)27-17(3)34-31-36(28(27)21-15-19(39-4)9-13-25(21)40-5)29(37)26(42-31)16-20-10-12-24(41-20)18-8-11-22(32)23(33)14-18/h8-16,28H,6-7H2,1-5H3/b26-16+/t28-/m1/s1. The van der Waals surface area contributed by atoms with Crippen molar-refractivity contribution in [2.75, 3.05) is 27.3 Å². The second-order valence-electron chi connectivity index (χ2n) is 9.50. The van der Waals surface area contributed by atoms with E-state index in [2.05, 4.69) is 0 Å². The van der Waals surface area contributed by atoms with Crippen LogP contribution in [0.5, 0.6) is 11.5 Å². The highest BCUT2D eigenvalue weighted by molar-refractivity contribution is 7.07. The second-order valence-corrected chi connectivity index (χ2v) is 11.3. The minimum atomic E-state index is -0.787. The molecule has 42 heavy (non-hydrogen) atoms. The van der Waals surface area contributed by atoms with Crippen LogP contribution in [0, 0.1) is 0 Å². The fraction of sp³-hybridized carbons (Fsp3) is 0.258. The van der Waals surface area contributed by atoms with Gasteiger partial charge in [0.2, 0.25) is 0 Å². The maximum Gasteiger partial charge on any atom is 0.271 e. The molecule has 0 saturated carbocycles. The molecule has 8 nitrogen and oxygen atoms in total. The van der Waals surface area contributed by atoms with E-state index in [4.69, 9.17) is 42.1 Å². The molecular weight excluding hydrogens is 597 g/mol. The Balaban J connectivity index is 1.69. The quantitative estimate of drug-likeness (QED) is 0.251. The summed E-state index contributed by atoms with van der Waals surface area (Å²) in [4.78, 5) is 34.9. The van der Waals surface area contributed by atoms with E-state index in [-0.39, 0.29) is 11.5 Å². The van der Waals surface area contributed by atoms with Crippen LogP contribution in [0.25, 0.3) is 17.4 Å². The van der Waals surface area contributed by atoms with Crippen molar-refractivity contribution in [3.05, 3.63) is 101 Å². The summed E-state index contributed by atoms with van der Waals surface area (Å²) in [5.74, 6) is 1.96. The first-order chi connectivity index (χ1) is 20.2. The summed E-state index contributed by atoms with van der Waals surface area (Å²) in [5, 5.41) is 0.864. The number of allylic oxidation sites excluding steroid dienone is 1. The van der Waals surface area contributed by atoms with Crippen molar-refractivity contribution in [3.63, 3.8) is 0 Å². The van der Waals surface area contributed by atoms with Crippen LogP contribution in [-0.4, -0.2) is 42.7 Å². The predicted molar refractivity (Wildman–Crippen MR) is 165 cm³/mol. The van der Waals surface area contributed by atoms with Crippen LogP contribution in [0.4, 0.5) is 0 Å². The molecule has 0 radical (unpaired) electrons. The maximum atomic E-state index is 14.1. The van der Waals surface area contributed by atoms with Gasteiger partial charge in [-0.05, 0) is 69.3 Å². The number of amides is 1. The van der Waals surface area contributed by atoms with Crippen LogP contribution < -0.4 is 24.4 Å². The Labute approximate surface area is 256 Å². The Bertz CT molecular complexity index is 1880. The van der Waals surface area contributed by atoms with Gasteiger partial charge in [-0.1, -0.05) is 34.5 Å². The van der Waals surface area contributed by atoms with Gasteiger partial charge in [0, 0.05) is 30.3 Å². The van der Waals surface area contributed by atoms with E-state index in [0.29, 0.717) is 72.3 Å². The number of nitrogens with zero attached hydrogens (tertiary/aromatic N) is 3. The van der Waals surface area contributed by atoms with E-state index in [0.717, 1.165) is 5.56 Å². The second kappa shape index (κ2) is 12.2. The Morgan fingerprint density at radius 1 is 1.07 bits per heavy atom. The van der Waals surface area contributed by atoms with Crippen molar-refractivity contribution >= 4 is 46.5 Å². The van der Waals surface area contributed by atoms with E-state index in [1.54, 1.807) is 79.2 Å². The van der Waals surface area contributed by atoms with E-state index in [9.17, 15) is 9.59 Å². The molecule has 0 fully saturated rings. The number of thiazole rings is 1. The molecule has 0 bridgehead atoms. The molecule has 2 aromatic carbocycles. The Morgan fingerprint density at radius 2 is 1.83 bits per heavy atom. The largest absolute Gasteiger partial charge is 0.497 e. The van der Waals surface area contributed by atoms with E-state index in [1.165, 1.54) is 11.3 Å². The predicted octanol–water partition coefficient (Wildman–Crippen LogP) is 5.69. The van der Waals surface area contributed by atoms with E-state index >= 15 is 0 Å². The van der Waals surface area contributed by atoms with Crippen molar-refractivity contribution in [3.8, 4) is 22.8 Å². The minimum Gasteiger partial charge on any atom is -0.497 e. The van der Waals surface area contributed by atoms with Crippen molar-refractivity contribution < 1.29 is 18.7 Å². The van der Waals surface area contributed by atoms with Crippen LogP contribution in [0.3, 0.4) is 0 Å². The monoisotopic (exact) mass is 625 g/mol. The molecule has 2 aromatic heterocycles. The first-order valence-corrected chi connectivity index (χ1v) is 14.9. The zero-order chi connectivity index (χ0) is 30.1. The number of carbonyl (C=O) groups is 1. The topological polar surface area (TPSA) is 86.3 Å². The molecule has 218 valence electrons. The molecule has 0 unspecified atom stereocenters. The molecular formula is C31H29Cl2N3O5S. The number of hydrogen-bond acceptors (Lipinski definition) is 7. The number of halogens is 2. The van der Waals surface area contributed by atoms with Crippen molar-refractivity contribution in [2.24, 2.45) is 4.99 Å². The molecule has 4 aromatic rings. The molecule has 1 amide bonds. The van der Waals surface area contributed by atoms with Crippen LogP contribution in [0.1, 0.15) is 38.1 Å².